The minimum Gasteiger partial charge on any atom is -0.481 e. The number of hydrogen-bond donors (Lipinski definition) is 8. The number of nitrogens with zero attached hydrogens (tertiary/aromatic N) is 4. The Hall–Kier alpha value is -7.16. The monoisotopic (exact) mass is 1080 g/mol. The van der Waals surface area contributed by atoms with Crippen LogP contribution in [0.2, 0.25) is 0 Å². The summed E-state index contributed by atoms with van der Waals surface area (Å²) in [4.78, 5) is 96.3. The van der Waals surface area contributed by atoms with E-state index in [1.807, 2.05) is 0 Å². The number of carboxylic acid groups (broad SMARTS) is 4. The Morgan fingerprint density at radius 1 is 0.342 bits per heavy atom. The molecule has 0 radical (unpaired) electrons. The van der Waals surface area contributed by atoms with Gasteiger partial charge in [0.15, 0.2) is 0 Å². The molecular weight excluding hydrogens is 1030 g/mol. The molecule has 4 heterocycles. The molecule has 8 rings (SSSR count). The third kappa shape index (κ3) is 14.5. The van der Waals surface area contributed by atoms with Crippen LogP contribution in [0.4, 0.5) is 0 Å². The van der Waals surface area contributed by atoms with Crippen LogP contribution in [0.3, 0.4) is 0 Å². The number of amides is 4. The van der Waals surface area contributed by atoms with Gasteiger partial charge in [0.1, 0.15) is 20.0 Å². The summed E-state index contributed by atoms with van der Waals surface area (Å²) in [5.41, 5.74) is 3.97. The number of carboxylic acids is 4. The van der Waals surface area contributed by atoms with Crippen molar-refractivity contribution < 1.29 is 79.2 Å². The summed E-state index contributed by atoms with van der Waals surface area (Å²) in [6.45, 7) is -1.12. The van der Waals surface area contributed by atoms with E-state index >= 15 is 0 Å². The first-order valence-corrected chi connectivity index (χ1v) is 23.4. The van der Waals surface area contributed by atoms with Crippen LogP contribution >= 0.6 is 48.9 Å². The minimum absolute atomic E-state index is 0.0974. The van der Waals surface area contributed by atoms with Crippen molar-refractivity contribution in [3.05, 3.63) is 142 Å². The molecule has 4 aliphatic rings. The Kier molecular flexibility index (Phi) is 21.6. The van der Waals surface area contributed by atoms with Crippen molar-refractivity contribution in [3.8, 4) is 0 Å². The van der Waals surface area contributed by atoms with Gasteiger partial charge in [-0.25, -0.2) is 0 Å². The minimum atomic E-state index is -1.11. The van der Waals surface area contributed by atoms with Gasteiger partial charge in [0, 0.05) is 48.4 Å². The topological polar surface area (TPSA) is 311 Å². The molecule has 0 spiro atoms. The molecule has 0 saturated carbocycles. The highest BCUT2D eigenvalue weighted by atomic mass is 32.1. The lowest BCUT2D eigenvalue weighted by molar-refractivity contribution is -0.138. The number of rotatable bonds is 16. The van der Waals surface area contributed by atoms with Gasteiger partial charge < -0.3 is 40.9 Å². The second-order valence-corrected chi connectivity index (χ2v) is 17.5. The zero-order valence-electron chi connectivity index (χ0n) is 38.5. The number of aliphatic carboxylic acids is 4. The average molecular weight is 1080 g/mol. The Labute approximate surface area is 438 Å². The van der Waals surface area contributed by atoms with Crippen molar-refractivity contribution in [2.75, 3.05) is 52.6 Å². The molecule has 0 bridgehead atoms. The molecule has 4 aromatic rings. The molecule has 8 N–H and O–H groups in total. The van der Waals surface area contributed by atoms with Crippen LogP contribution in [0.25, 0.3) is 0 Å². The van der Waals surface area contributed by atoms with Crippen molar-refractivity contribution in [1.82, 2.24) is 19.6 Å². The predicted octanol–water partition coefficient (Wildman–Crippen LogP) is 3.11. The fourth-order valence-electron chi connectivity index (χ4n) is 6.90. The van der Waals surface area contributed by atoms with Crippen molar-refractivity contribution in [1.29, 1.82) is 0 Å². The van der Waals surface area contributed by atoms with Gasteiger partial charge >= 0.3 is 23.9 Å². The third-order valence-electron chi connectivity index (χ3n) is 11.1. The van der Waals surface area contributed by atoms with E-state index in [0.717, 1.165) is 0 Å². The first kappa shape index (κ1) is 58.4. The van der Waals surface area contributed by atoms with Gasteiger partial charge in [0.05, 0.1) is 79.8 Å². The molecular formula is C49H48N4O16S4. The first-order chi connectivity index (χ1) is 34.7. The Bertz CT molecular complexity index is 2320. The van der Waals surface area contributed by atoms with E-state index in [2.05, 4.69) is 0 Å². The van der Waals surface area contributed by atoms with Gasteiger partial charge in [-0.15, -0.1) is 0 Å². The molecule has 0 saturated heterocycles. The molecule has 0 atom stereocenters. The number of thiocarbonyl (C=S) groups is 4. The maximum atomic E-state index is 11.9. The molecule has 0 fully saturated rings. The summed E-state index contributed by atoms with van der Waals surface area (Å²) in [6.07, 6.45) is -0.389. The molecule has 384 valence electrons. The quantitative estimate of drug-likeness (QED) is 0.0748. The van der Waals surface area contributed by atoms with E-state index < -0.39 is 55.7 Å². The molecule has 4 amide bonds. The van der Waals surface area contributed by atoms with Crippen LogP contribution in [0.1, 0.15) is 89.4 Å². The highest BCUT2D eigenvalue weighted by molar-refractivity contribution is 7.81. The zero-order chi connectivity index (χ0) is 54.2. The lowest BCUT2D eigenvalue weighted by Crippen LogP contribution is -2.37. The maximum absolute atomic E-state index is 11.9. The summed E-state index contributed by atoms with van der Waals surface area (Å²) in [6, 6.07) is 28.2. The van der Waals surface area contributed by atoms with E-state index in [1.54, 1.807) is 97.1 Å². The number of carbonyl (C=O) groups is 8. The van der Waals surface area contributed by atoms with Crippen molar-refractivity contribution in [3.63, 3.8) is 0 Å². The molecule has 0 unspecified atom stereocenters. The van der Waals surface area contributed by atoms with E-state index in [9.17, 15) is 38.4 Å². The normalized spacial score (nSPS) is 13.9. The highest BCUT2D eigenvalue weighted by Gasteiger charge is 2.35. The van der Waals surface area contributed by atoms with E-state index in [4.69, 9.17) is 89.7 Å². The van der Waals surface area contributed by atoms with E-state index in [0.29, 0.717) is 64.5 Å². The smallest absolute Gasteiger partial charge is 0.305 e. The largest absolute Gasteiger partial charge is 0.481 e. The zero-order valence-corrected chi connectivity index (χ0v) is 41.8. The van der Waals surface area contributed by atoms with Gasteiger partial charge in [-0.2, -0.15) is 0 Å². The molecule has 4 aliphatic heterocycles. The van der Waals surface area contributed by atoms with Gasteiger partial charge in [-0.05, 0) is 24.3 Å². The van der Waals surface area contributed by atoms with E-state index in [-0.39, 0.29) is 75.5 Å². The van der Waals surface area contributed by atoms with Crippen LogP contribution in [0.15, 0.2) is 97.1 Å². The van der Waals surface area contributed by atoms with Crippen molar-refractivity contribution in [2.45, 2.75) is 25.7 Å². The molecule has 0 aliphatic carbocycles. The van der Waals surface area contributed by atoms with Crippen LogP contribution in [0, 0.1) is 5.41 Å². The Morgan fingerprint density at radius 2 is 0.507 bits per heavy atom. The molecule has 20 nitrogen and oxygen atoms in total. The first-order valence-electron chi connectivity index (χ1n) is 21.8. The van der Waals surface area contributed by atoms with Crippen LogP contribution in [0.5, 0.6) is 0 Å². The predicted molar refractivity (Wildman–Crippen MR) is 277 cm³/mol. The number of aliphatic hydroxyl groups is 4. The summed E-state index contributed by atoms with van der Waals surface area (Å²) in [7, 11) is 0. The number of fused-ring (bicyclic) bond motifs is 4. The molecule has 73 heavy (non-hydrogen) atoms. The van der Waals surface area contributed by atoms with Gasteiger partial charge in [0.25, 0.3) is 23.6 Å². The van der Waals surface area contributed by atoms with Gasteiger partial charge in [0.2, 0.25) is 0 Å². The van der Waals surface area contributed by atoms with Crippen LogP contribution < -0.4 is 0 Å². The van der Waals surface area contributed by atoms with Gasteiger partial charge in [-0.1, -0.05) is 122 Å². The lowest BCUT2D eigenvalue weighted by Gasteiger charge is -2.23. The second kappa shape index (κ2) is 27.0. The molecule has 24 heteroatoms. The number of aliphatic hydroxyl groups excluding tert-OH is 4. The average Bonchev–Trinajstić information content (AvgIpc) is 3.98. The number of benzene rings is 4. The van der Waals surface area contributed by atoms with Crippen molar-refractivity contribution >= 4 is 116 Å². The fourth-order valence-corrected chi connectivity index (χ4v) is 8.31. The molecule has 0 aromatic heterocycles. The van der Waals surface area contributed by atoms with Crippen LogP contribution in [-0.2, 0) is 19.2 Å². The van der Waals surface area contributed by atoms with Gasteiger partial charge in [-0.3, -0.25) is 58.0 Å². The standard InChI is InChI=1S/4C11H9NO3S.C5H12O4/c4*13-9(14)5-6-12-10(15)7-3-1-2-4-8(7)11(12)16;6-1-5(2-7,3-8)4-9/h4*1-4H,5-6H2,(H,13,14);6-9H,1-4H2. The van der Waals surface area contributed by atoms with E-state index in [1.165, 1.54) is 19.6 Å². The summed E-state index contributed by atoms with van der Waals surface area (Å²) in [5.74, 6) is -4.58. The summed E-state index contributed by atoms with van der Waals surface area (Å²) >= 11 is 20.5. The van der Waals surface area contributed by atoms with Crippen LogP contribution in [-0.4, -0.2) is 181 Å². The SMILES string of the molecule is O=C(O)CCN1C(=O)c2ccccc2C1=S.O=C(O)CCN1C(=O)c2ccccc2C1=S.O=C(O)CCN1C(=O)c2ccccc2C1=S.O=C(O)CCN1C(=O)c2ccccc2C1=S.OCC(CO)(CO)CO. The lowest BCUT2D eigenvalue weighted by atomic mass is 9.93. The number of carbonyl (C=O) groups excluding carboxylic acids is 4. The maximum Gasteiger partial charge on any atom is 0.305 e. The fraction of sp³-hybridized carbons (Fsp3) is 0.265. The number of hydrogen-bond acceptors (Lipinski definition) is 16. The second-order valence-electron chi connectivity index (χ2n) is 15.9. The third-order valence-corrected chi connectivity index (χ3v) is 12.8. The summed E-state index contributed by atoms with van der Waals surface area (Å²) in [5, 5.41) is 68.3. The van der Waals surface area contributed by atoms with Crippen molar-refractivity contribution in [2.24, 2.45) is 5.41 Å². The summed E-state index contributed by atoms with van der Waals surface area (Å²) < 4.78 is 0. The Morgan fingerprint density at radius 3 is 0.630 bits per heavy atom. The highest BCUT2D eigenvalue weighted by Crippen LogP contribution is 2.27. The Balaban J connectivity index is 0.000000200. The molecule has 4 aromatic carbocycles.